The van der Waals surface area contributed by atoms with Crippen LogP contribution in [0.25, 0.3) is 22.2 Å². The highest BCUT2D eigenvalue weighted by Gasteiger charge is 2.28. The van der Waals surface area contributed by atoms with Crippen LogP contribution in [0, 0.1) is 0 Å². The molecule has 5 nitrogen and oxygen atoms in total. The normalized spacial score (nSPS) is 17.2. The molecular weight excluding hydrogens is 382 g/mol. The number of carboxylic acids is 1. The Bertz CT molecular complexity index is 946. The minimum Gasteiger partial charge on any atom is -0.548 e. The molecular formula is C19H15BrN3O2-. The maximum atomic E-state index is 11.4. The number of rotatable bonds is 3. The number of aromatic nitrogens is 2. The van der Waals surface area contributed by atoms with Gasteiger partial charge >= 0.3 is 0 Å². The van der Waals surface area contributed by atoms with Crippen molar-refractivity contribution in [2.24, 2.45) is 0 Å². The SMILES string of the molecule is O=C([O-])[C@@H]1CCCN1c1nc(-c2ccccc2)c2cc(Br)ccc2n1. The largest absolute Gasteiger partial charge is 0.548 e. The zero-order chi connectivity index (χ0) is 17.4. The number of aliphatic carboxylic acids is 1. The number of anilines is 1. The van der Waals surface area contributed by atoms with Gasteiger partial charge in [-0.05, 0) is 31.0 Å². The zero-order valence-electron chi connectivity index (χ0n) is 13.4. The number of carbonyl (C=O) groups is 1. The maximum Gasteiger partial charge on any atom is 0.227 e. The number of carbonyl (C=O) groups excluding carboxylic acids is 1. The topological polar surface area (TPSA) is 69.2 Å². The van der Waals surface area contributed by atoms with Gasteiger partial charge in [-0.25, -0.2) is 9.97 Å². The summed E-state index contributed by atoms with van der Waals surface area (Å²) in [5.74, 6) is -0.626. The number of nitrogens with zero attached hydrogens (tertiary/aromatic N) is 3. The second kappa shape index (κ2) is 6.44. The first-order chi connectivity index (χ1) is 12.1. The van der Waals surface area contributed by atoms with E-state index < -0.39 is 12.0 Å². The van der Waals surface area contributed by atoms with Gasteiger partial charge in [0.15, 0.2) is 0 Å². The first-order valence-corrected chi connectivity index (χ1v) is 8.93. The zero-order valence-corrected chi connectivity index (χ0v) is 14.9. The van der Waals surface area contributed by atoms with E-state index in [-0.39, 0.29) is 0 Å². The summed E-state index contributed by atoms with van der Waals surface area (Å²) in [4.78, 5) is 22.5. The minimum absolute atomic E-state index is 0.445. The van der Waals surface area contributed by atoms with Crippen molar-refractivity contribution in [2.45, 2.75) is 18.9 Å². The third kappa shape index (κ3) is 2.98. The van der Waals surface area contributed by atoms with Crippen LogP contribution in [0.5, 0.6) is 0 Å². The third-order valence-electron chi connectivity index (χ3n) is 4.47. The van der Waals surface area contributed by atoms with Crippen LogP contribution in [0.2, 0.25) is 0 Å². The number of carboxylic acid groups (broad SMARTS) is 1. The van der Waals surface area contributed by atoms with Crippen molar-refractivity contribution in [1.82, 2.24) is 9.97 Å². The number of benzene rings is 2. The summed E-state index contributed by atoms with van der Waals surface area (Å²) in [6.07, 6.45) is 1.35. The molecule has 2 heterocycles. The standard InChI is InChI=1S/C19H16BrN3O2/c20-13-8-9-15-14(11-13)17(12-5-2-1-3-6-12)22-19(21-15)23-10-4-7-16(23)18(24)25/h1-3,5-6,8-9,11,16H,4,7,10H2,(H,24,25)/p-1/t16-/m0/s1. The summed E-state index contributed by atoms with van der Waals surface area (Å²) in [6, 6.07) is 15.0. The van der Waals surface area contributed by atoms with Gasteiger partial charge in [0.05, 0.1) is 23.2 Å². The molecule has 1 atom stereocenters. The van der Waals surface area contributed by atoms with Gasteiger partial charge in [-0.15, -0.1) is 0 Å². The molecule has 1 aliphatic heterocycles. The Labute approximate surface area is 153 Å². The minimum atomic E-state index is -1.07. The lowest BCUT2D eigenvalue weighted by molar-refractivity contribution is -0.307. The summed E-state index contributed by atoms with van der Waals surface area (Å²) in [7, 11) is 0. The van der Waals surface area contributed by atoms with Gasteiger partial charge in [-0.3, -0.25) is 0 Å². The molecule has 3 aromatic rings. The van der Waals surface area contributed by atoms with Gasteiger partial charge in [-0.2, -0.15) is 0 Å². The van der Waals surface area contributed by atoms with Crippen molar-refractivity contribution >= 4 is 38.8 Å². The van der Waals surface area contributed by atoms with Crippen LogP contribution in [-0.2, 0) is 4.79 Å². The van der Waals surface area contributed by atoms with Crippen LogP contribution in [0.1, 0.15) is 12.8 Å². The Hall–Kier alpha value is -2.47. The van der Waals surface area contributed by atoms with Gasteiger partial charge in [0.2, 0.25) is 5.95 Å². The van der Waals surface area contributed by atoms with Crippen molar-refractivity contribution in [3.05, 3.63) is 53.0 Å². The summed E-state index contributed by atoms with van der Waals surface area (Å²) in [6.45, 7) is 0.620. The summed E-state index contributed by atoms with van der Waals surface area (Å²) >= 11 is 3.50. The smallest absolute Gasteiger partial charge is 0.227 e. The van der Waals surface area contributed by atoms with Crippen molar-refractivity contribution < 1.29 is 9.90 Å². The quantitative estimate of drug-likeness (QED) is 0.680. The highest BCUT2D eigenvalue weighted by molar-refractivity contribution is 9.10. The fraction of sp³-hybridized carbons (Fsp3) is 0.211. The average Bonchev–Trinajstić information content (AvgIpc) is 3.12. The van der Waals surface area contributed by atoms with E-state index in [1.807, 2.05) is 48.5 Å². The van der Waals surface area contributed by atoms with Gasteiger partial charge in [-0.1, -0.05) is 46.3 Å². The predicted molar refractivity (Wildman–Crippen MR) is 98.0 cm³/mol. The van der Waals surface area contributed by atoms with E-state index in [9.17, 15) is 9.90 Å². The van der Waals surface area contributed by atoms with Gasteiger partial charge in [0.1, 0.15) is 0 Å². The molecule has 0 saturated carbocycles. The van der Waals surface area contributed by atoms with Crippen molar-refractivity contribution in [2.75, 3.05) is 11.4 Å². The van der Waals surface area contributed by atoms with Crippen molar-refractivity contribution in [1.29, 1.82) is 0 Å². The van der Waals surface area contributed by atoms with Gasteiger partial charge in [0, 0.05) is 22.0 Å². The lowest BCUT2D eigenvalue weighted by atomic mass is 10.1. The van der Waals surface area contributed by atoms with Crippen LogP contribution in [-0.4, -0.2) is 28.5 Å². The van der Waals surface area contributed by atoms with E-state index in [2.05, 4.69) is 20.9 Å². The molecule has 25 heavy (non-hydrogen) atoms. The fourth-order valence-corrected chi connectivity index (χ4v) is 3.65. The van der Waals surface area contributed by atoms with Crippen molar-refractivity contribution in [3.8, 4) is 11.3 Å². The molecule has 6 heteroatoms. The van der Waals surface area contributed by atoms with E-state index in [0.29, 0.717) is 18.9 Å². The number of fused-ring (bicyclic) bond motifs is 1. The Morgan fingerprint density at radius 3 is 2.72 bits per heavy atom. The van der Waals surface area contributed by atoms with E-state index in [0.717, 1.165) is 33.1 Å². The molecule has 1 fully saturated rings. The number of hydrogen-bond acceptors (Lipinski definition) is 5. The lowest BCUT2D eigenvalue weighted by Crippen LogP contribution is -2.45. The molecule has 126 valence electrons. The van der Waals surface area contributed by atoms with Crippen molar-refractivity contribution in [3.63, 3.8) is 0 Å². The van der Waals surface area contributed by atoms with E-state index in [1.165, 1.54) is 0 Å². The fourth-order valence-electron chi connectivity index (χ4n) is 3.28. The molecule has 0 aliphatic carbocycles. The summed E-state index contributed by atoms with van der Waals surface area (Å²) in [5.41, 5.74) is 2.56. The van der Waals surface area contributed by atoms with Crippen LogP contribution >= 0.6 is 15.9 Å². The molecule has 0 bridgehead atoms. The Morgan fingerprint density at radius 2 is 1.96 bits per heavy atom. The highest BCUT2D eigenvalue weighted by Crippen LogP contribution is 2.32. The third-order valence-corrected chi connectivity index (χ3v) is 4.97. The molecule has 1 aliphatic rings. The van der Waals surface area contributed by atoms with Gasteiger partial charge < -0.3 is 14.8 Å². The molecule has 2 aromatic carbocycles. The van der Waals surface area contributed by atoms with Crippen LogP contribution < -0.4 is 10.0 Å². The first-order valence-electron chi connectivity index (χ1n) is 8.14. The average molecular weight is 397 g/mol. The van der Waals surface area contributed by atoms with Crippen LogP contribution in [0.4, 0.5) is 5.95 Å². The van der Waals surface area contributed by atoms with Gasteiger partial charge in [0.25, 0.3) is 0 Å². The maximum absolute atomic E-state index is 11.4. The van der Waals surface area contributed by atoms with E-state index in [4.69, 9.17) is 4.98 Å². The Morgan fingerprint density at radius 1 is 1.16 bits per heavy atom. The highest BCUT2D eigenvalue weighted by atomic mass is 79.9. The molecule has 0 amide bonds. The predicted octanol–water partition coefficient (Wildman–Crippen LogP) is 2.78. The second-order valence-corrected chi connectivity index (χ2v) is 6.99. The molecule has 1 saturated heterocycles. The molecule has 0 radical (unpaired) electrons. The first kappa shape index (κ1) is 16.0. The Balaban J connectivity index is 1.93. The van der Waals surface area contributed by atoms with Crippen LogP contribution in [0.15, 0.2) is 53.0 Å². The monoisotopic (exact) mass is 396 g/mol. The van der Waals surface area contributed by atoms with Crippen LogP contribution in [0.3, 0.4) is 0 Å². The Kier molecular flexibility index (Phi) is 4.13. The second-order valence-electron chi connectivity index (χ2n) is 6.07. The summed E-state index contributed by atoms with van der Waals surface area (Å²) in [5, 5.41) is 12.4. The van der Waals surface area contributed by atoms with E-state index >= 15 is 0 Å². The molecule has 0 N–H and O–H groups in total. The summed E-state index contributed by atoms with van der Waals surface area (Å²) < 4.78 is 0.947. The molecule has 0 unspecified atom stereocenters. The molecule has 0 spiro atoms. The van der Waals surface area contributed by atoms with E-state index in [1.54, 1.807) is 4.90 Å². The number of hydrogen-bond donors (Lipinski definition) is 0. The number of halogens is 1. The molecule has 1 aromatic heterocycles. The molecule has 4 rings (SSSR count). The lowest BCUT2D eigenvalue weighted by Gasteiger charge is -2.26.